The van der Waals surface area contributed by atoms with Crippen LogP contribution in [0, 0.1) is 0 Å². The Labute approximate surface area is 172 Å². The van der Waals surface area contributed by atoms with Gasteiger partial charge in [0.1, 0.15) is 22.8 Å². The molecule has 0 aliphatic carbocycles. The van der Waals surface area contributed by atoms with Crippen molar-refractivity contribution in [1.29, 1.82) is 0 Å². The van der Waals surface area contributed by atoms with Crippen LogP contribution in [0.15, 0.2) is 42.5 Å². The number of ether oxygens (including phenoxy) is 2. The van der Waals surface area contributed by atoms with Gasteiger partial charge in [0.05, 0.1) is 20.5 Å². The van der Waals surface area contributed by atoms with Gasteiger partial charge >= 0.3 is 10.1 Å². The third-order valence-corrected chi connectivity index (χ3v) is 5.04. The van der Waals surface area contributed by atoms with Gasteiger partial charge in [0.15, 0.2) is 0 Å². The predicted octanol–water partition coefficient (Wildman–Crippen LogP) is 3.48. The van der Waals surface area contributed by atoms with Crippen LogP contribution in [0.25, 0.3) is 0 Å². The lowest BCUT2D eigenvalue weighted by atomic mass is 10.1. The molecule has 0 heterocycles. The van der Waals surface area contributed by atoms with Gasteiger partial charge in [0.25, 0.3) is 5.91 Å². The summed E-state index contributed by atoms with van der Waals surface area (Å²) in [5.41, 5.74) is 1.21. The molecule has 1 unspecified atom stereocenters. The Hall–Kier alpha value is -2.74. The van der Waals surface area contributed by atoms with Crippen molar-refractivity contribution in [3.63, 3.8) is 0 Å². The number of methoxy groups -OCH3 is 2. The number of benzene rings is 2. The van der Waals surface area contributed by atoms with E-state index in [1.807, 2.05) is 13.8 Å². The molecule has 0 saturated heterocycles. The van der Waals surface area contributed by atoms with Crippen LogP contribution in [0.2, 0.25) is 0 Å². The summed E-state index contributed by atoms with van der Waals surface area (Å²) in [4.78, 5) is 15.2. The molecular weight excluding hydrogens is 394 g/mol. The minimum absolute atomic E-state index is 0.0379. The lowest BCUT2D eigenvalue weighted by Gasteiger charge is -2.30. The molecule has 0 saturated carbocycles. The summed E-state index contributed by atoms with van der Waals surface area (Å²) in [6.07, 6.45) is 1.75. The van der Waals surface area contributed by atoms with Gasteiger partial charge in [-0.2, -0.15) is 8.42 Å². The maximum absolute atomic E-state index is 13.4. The van der Waals surface area contributed by atoms with Crippen LogP contribution in [0.5, 0.6) is 17.2 Å². The molecule has 0 radical (unpaired) electrons. The zero-order chi connectivity index (χ0) is 21.6. The summed E-state index contributed by atoms with van der Waals surface area (Å²) in [5, 5.41) is 0. The number of carbonyl (C=O) groups is 1. The van der Waals surface area contributed by atoms with Gasteiger partial charge in [-0.1, -0.05) is 25.1 Å². The molecule has 0 spiro atoms. The van der Waals surface area contributed by atoms with Crippen molar-refractivity contribution >= 4 is 16.0 Å². The normalized spacial score (nSPS) is 12.2. The SMILES string of the molecule is CCC(C)N(Cc1ccc(OS(C)(=O)=O)cc1)C(=O)c1c(OC)cccc1OC. The van der Waals surface area contributed by atoms with Crippen molar-refractivity contribution in [3.05, 3.63) is 53.6 Å². The van der Waals surface area contributed by atoms with Crippen LogP contribution in [0.4, 0.5) is 0 Å². The summed E-state index contributed by atoms with van der Waals surface area (Å²) in [6.45, 7) is 4.32. The average molecular weight is 422 g/mol. The van der Waals surface area contributed by atoms with Crippen LogP contribution in [0.1, 0.15) is 36.2 Å². The molecule has 0 fully saturated rings. The number of rotatable bonds is 9. The molecule has 29 heavy (non-hydrogen) atoms. The zero-order valence-corrected chi connectivity index (χ0v) is 18.2. The summed E-state index contributed by atoms with van der Waals surface area (Å²) in [7, 11) is -0.561. The predicted molar refractivity (Wildman–Crippen MR) is 111 cm³/mol. The van der Waals surface area contributed by atoms with Gasteiger partial charge in [-0.15, -0.1) is 0 Å². The van der Waals surface area contributed by atoms with Crippen molar-refractivity contribution in [2.45, 2.75) is 32.9 Å². The smallest absolute Gasteiger partial charge is 0.306 e. The molecule has 2 aromatic carbocycles. The van der Waals surface area contributed by atoms with E-state index in [-0.39, 0.29) is 17.7 Å². The van der Waals surface area contributed by atoms with Gasteiger partial charge in [-0.25, -0.2) is 0 Å². The second kappa shape index (κ2) is 9.65. The fraction of sp³-hybridized carbons (Fsp3) is 0.381. The highest BCUT2D eigenvalue weighted by atomic mass is 32.2. The Balaban J connectivity index is 2.35. The number of carbonyl (C=O) groups excluding carboxylic acids is 1. The van der Waals surface area contributed by atoms with E-state index in [9.17, 15) is 13.2 Å². The highest BCUT2D eigenvalue weighted by Crippen LogP contribution is 2.31. The van der Waals surface area contributed by atoms with Crippen molar-refractivity contribution in [2.75, 3.05) is 20.5 Å². The largest absolute Gasteiger partial charge is 0.496 e. The van der Waals surface area contributed by atoms with E-state index in [1.54, 1.807) is 47.4 Å². The molecule has 0 N–H and O–H groups in total. The Morgan fingerprint density at radius 2 is 1.59 bits per heavy atom. The quantitative estimate of drug-likeness (QED) is 0.577. The number of amides is 1. The zero-order valence-electron chi connectivity index (χ0n) is 17.3. The van der Waals surface area contributed by atoms with Crippen LogP contribution in [-0.4, -0.2) is 45.7 Å². The Bertz CT molecular complexity index is 918. The van der Waals surface area contributed by atoms with E-state index < -0.39 is 10.1 Å². The third-order valence-electron chi connectivity index (χ3n) is 4.55. The maximum atomic E-state index is 13.4. The highest BCUT2D eigenvalue weighted by molar-refractivity contribution is 7.86. The first kappa shape index (κ1) is 22.5. The molecule has 0 aliphatic rings. The van der Waals surface area contributed by atoms with Crippen LogP contribution in [0.3, 0.4) is 0 Å². The molecule has 8 heteroatoms. The molecule has 0 bridgehead atoms. The summed E-state index contributed by atoms with van der Waals surface area (Å²) >= 11 is 0. The van der Waals surface area contributed by atoms with E-state index in [4.69, 9.17) is 13.7 Å². The molecular formula is C21H27NO6S. The van der Waals surface area contributed by atoms with Gasteiger partial charge < -0.3 is 18.6 Å². The summed E-state index contributed by atoms with van der Waals surface area (Å²) in [6, 6.07) is 11.8. The Morgan fingerprint density at radius 1 is 1.03 bits per heavy atom. The Morgan fingerprint density at radius 3 is 2.03 bits per heavy atom. The molecule has 1 amide bonds. The standard InChI is InChI=1S/C21H27NO6S/c1-6-15(2)22(14-16-10-12-17(13-11-16)28-29(5,24)25)21(23)20-18(26-3)8-7-9-19(20)27-4/h7-13,15H,6,14H2,1-5H3. The first-order chi connectivity index (χ1) is 13.7. The number of hydrogen-bond donors (Lipinski definition) is 0. The number of hydrogen-bond acceptors (Lipinski definition) is 6. The van der Waals surface area contributed by atoms with Gasteiger partial charge in [0.2, 0.25) is 0 Å². The van der Waals surface area contributed by atoms with E-state index >= 15 is 0 Å². The topological polar surface area (TPSA) is 82.1 Å². The third kappa shape index (κ3) is 5.87. The van der Waals surface area contributed by atoms with Gasteiger partial charge in [0, 0.05) is 12.6 Å². The molecule has 0 aliphatic heterocycles. The molecule has 158 valence electrons. The van der Waals surface area contributed by atoms with Crippen molar-refractivity contribution in [2.24, 2.45) is 0 Å². The van der Waals surface area contributed by atoms with E-state index in [1.165, 1.54) is 14.2 Å². The first-order valence-electron chi connectivity index (χ1n) is 9.20. The maximum Gasteiger partial charge on any atom is 0.306 e. The van der Waals surface area contributed by atoms with Crippen molar-refractivity contribution in [3.8, 4) is 17.2 Å². The lowest BCUT2D eigenvalue weighted by molar-refractivity contribution is 0.0664. The first-order valence-corrected chi connectivity index (χ1v) is 11.0. The van der Waals surface area contributed by atoms with E-state index in [0.29, 0.717) is 23.6 Å². The molecule has 2 rings (SSSR count). The number of nitrogens with zero attached hydrogens (tertiary/aromatic N) is 1. The van der Waals surface area contributed by atoms with Gasteiger partial charge in [-0.3, -0.25) is 4.79 Å². The molecule has 7 nitrogen and oxygen atoms in total. The highest BCUT2D eigenvalue weighted by Gasteiger charge is 2.27. The van der Waals surface area contributed by atoms with Gasteiger partial charge in [-0.05, 0) is 43.2 Å². The second-order valence-corrected chi connectivity index (χ2v) is 8.23. The lowest BCUT2D eigenvalue weighted by Crippen LogP contribution is -2.38. The molecule has 1 atom stereocenters. The molecule has 0 aromatic heterocycles. The minimum Gasteiger partial charge on any atom is -0.496 e. The minimum atomic E-state index is -3.59. The summed E-state index contributed by atoms with van der Waals surface area (Å²) in [5.74, 6) is 0.910. The van der Waals surface area contributed by atoms with Crippen molar-refractivity contribution in [1.82, 2.24) is 4.90 Å². The van der Waals surface area contributed by atoms with Crippen LogP contribution in [-0.2, 0) is 16.7 Å². The van der Waals surface area contributed by atoms with E-state index in [2.05, 4.69) is 0 Å². The van der Waals surface area contributed by atoms with E-state index in [0.717, 1.165) is 18.2 Å². The fourth-order valence-corrected chi connectivity index (χ4v) is 3.34. The van der Waals surface area contributed by atoms with Crippen LogP contribution < -0.4 is 13.7 Å². The van der Waals surface area contributed by atoms with Crippen molar-refractivity contribution < 1.29 is 26.9 Å². The summed E-state index contributed by atoms with van der Waals surface area (Å²) < 4.78 is 38.2. The molecule has 2 aromatic rings. The average Bonchev–Trinajstić information content (AvgIpc) is 2.70. The fourth-order valence-electron chi connectivity index (χ4n) is 2.88. The second-order valence-electron chi connectivity index (χ2n) is 6.66. The monoisotopic (exact) mass is 421 g/mol. The van der Waals surface area contributed by atoms with Crippen LogP contribution >= 0.6 is 0 Å². The Kier molecular flexibility index (Phi) is 7.50.